The van der Waals surface area contributed by atoms with E-state index in [4.69, 9.17) is 0 Å². The zero-order chi connectivity index (χ0) is 13.7. The number of hydrogen-bond acceptors (Lipinski definition) is 3. The van der Waals surface area contributed by atoms with Crippen molar-refractivity contribution in [2.45, 2.75) is 25.4 Å². The van der Waals surface area contributed by atoms with E-state index in [0.717, 1.165) is 37.2 Å². The molecule has 1 aliphatic heterocycles. The van der Waals surface area contributed by atoms with Crippen molar-refractivity contribution in [3.05, 3.63) is 35.4 Å². The van der Waals surface area contributed by atoms with E-state index in [0.29, 0.717) is 6.04 Å². The van der Waals surface area contributed by atoms with Crippen molar-refractivity contribution >= 4 is 30.7 Å². The molecule has 1 aromatic carbocycles. The number of rotatable bonds is 5. The molecular formula is C15H25Cl2N3O. The van der Waals surface area contributed by atoms with E-state index in [2.05, 4.69) is 21.6 Å². The van der Waals surface area contributed by atoms with Gasteiger partial charge < -0.3 is 15.5 Å². The van der Waals surface area contributed by atoms with E-state index in [1.807, 2.05) is 32.3 Å². The summed E-state index contributed by atoms with van der Waals surface area (Å²) in [6.45, 7) is 2.64. The molecule has 0 saturated carbocycles. The molecule has 1 saturated heterocycles. The van der Waals surface area contributed by atoms with Crippen LogP contribution in [-0.2, 0) is 6.54 Å². The van der Waals surface area contributed by atoms with Gasteiger partial charge in [-0.2, -0.15) is 0 Å². The quantitative estimate of drug-likeness (QED) is 0.867. The summed E-state index contributed by atoms with van der Waals surface area (Å²) in [7, 11) is 4.05. The lowest BCUT2D eigenvalue weighted by Crippen LogP contribution is -2.37. The van der Waals surface area contributed by atoms with E-state index in [1.54, 1.807) is 0 Å². The number of halogens is 2. The molecular weight excluding hydrogens is 309 g/mol. The van der Waals surface area contributed by atoms with Gasteiger partial charge in [0.2, 0.25) is 0 Å². The molecule has 1 aliphatic rings. The predicted molar refractivity (Wildman–Crippen MR) is 91.7 cm³/mol. The molecule has 1 amide bonds. The Balaban J connectivity index is 0.00000200. The van der Waals surface area contributed by atoms with Gasteiger partial charge in [-0.1, -0.05) is 12.1 Å². The van der Waals surface area contributed by atoms with Gasteiger partial charge in [0.25, 0.3) is 5.91 Å². The van der Waals surface area contributed by atoms with Crippen LogP contribution < -0.4 is 10.6 Å². The second-order valence-electron chi connectivity index (χ2n) is 5.44. The topological polar surface area (TPSA) is 44.4 Å². The van der Waals surface area contributed by atoms with E-state index in [1.165, 1.54) is 6.42 Å². The highest BCUT2D eigenvalue weighted by Gasteiger charge is 2.15. The number of amides is 1. The molecule has 2 N–H and O–H groups in total. The van der Waals surface area contributed by atoms with E-state index in [-0.39, 0.29) is 30.7 Å². The van der Waals surface area contributed by atoms with Crippen LogP contribution in [-0.4, -0.2) is 44.0 Å². The third-order valence-corrected chi connectivity index (χ3v) is 3.36. The fourth-order valence-corrected chi connectivity index (χ4v) is 2.42. The number of benzene rings is 1. The van der Waals surface area contributed by atoms with Gasteiger partial charge in [-0.3, -0.25) is 4.79 Å². The van der Waals surface area contributed by atoms with Crippen molar-refractivity contribution in [1.82, 2.24) is 15.5 Å². The van der Waals surface area contributed by atoms with Crippen LogP contribution in [0.2, 0.25) is 0 Å². The monoisotopic (exact) mass is 333 g/mol. The summed E-state index contributed by atoms with van der Waals surface area (Å²) in [6.07, 6.45) is 2.36. The van der Waals surface area contributed by atoms with E-state index < -0.39 is 0 Å². The summed E-state index contributed by atoms with van der Waals surface area (Å²) >= 11 is 0. The van der Waals surface area contributed by atoms with Gasteiger partial charge >= 0.3 is 0 Å². The van der Waals surface area contributed by atoms with Crippen molar-refractivity contribution in [2.75, 3.05) is 27.2 Å². The first-order valence-corrected chi connectivity index (χ1v) is 6.90. The van der Waals surface area contributed by atoms with Crippen LogP contribution in [0.1, 0.15) is 28.8 Å². The molecule has 6 heteroatoms. The van der Waals surface area contributed by atoms with Gasteiger partial charge in [0.15, 0.2) is 0 Å². The SMILES string of the molecule is CN(C)Cc1cccc(C(=O)NCC2CCCN2)c1.Cl.Cl. The Morgan fingerprint density at radius 3 is 2.76 bits per heavy atom. The van der Waals surface area contributed by atoms with Crippen molar-refractivity contribution < 1.29 is 4.79 Å². The van der Waals surface area contributed by atoms with Crippen LogP contribution in [0.3, 0.4) is 0 Å². The van der Waals surface area contributed by atoms with E-state index in [9.17, 15) is 4.79 Å². The summed E-state index contributed by atoms with van der Waals surface area (Å²) in [6, 6.07) is 8.28. The number of nitrogens with one attached hydrogen (secondary N) is 2. The van der Waals surface area contributed by atoms with Gasteiger partial charge in [-0.25, -0.2) is 0 Å². The summed E-state index contributed by atoms with van der Waals surface area (Å²) in [5.74, 6) is 0.0225. The lowest BCUT2D eigenvalue weighted by Gasteiger charge is -2.13. The molecule has 1 unspecified atom stereocenters. The zero-order valence-corrected chi connectivity index (χ0v) is 14.2. The van der Waals surface area contributed by atoms with Crippen molar-refractivity contribution in [2.24, 2.45) is 0 Å². The molecule has 0 spiro atoms. The first kappa shape index (κ1) is 20.2. The second kappa shape index (κ2) is 10.0. The third-order valence-electron chi connectivity index (χ3n) is 3.36. The molecule has 1 atom stereocenters. The lowest BCUT2D eigenvalue weighted by molar-refractivity contribution is 0.0950. The summed E-state index contributed by atoms with van der Waals surface area (Å²) in [4.78, 5) is 14.2. The minimum absolute atomic E-state index is 0. The highest BCUT2D eigenvalue weighted by molar-refractivity contribution is 5.94. The fourth-order valence-electron chi connectivity index (χ4n) is 2.42. The Morgan fingerprint density at radius 2 is 2.14 bits per heavy atom. The Hall–Kier alpha value is -0.810. The standard InChI is InChI=1S/C15H23N3O.2ClH/c1-18(2)11-12-5-3-6-13(9-12)15(19)17-10-14-7-4-8-16-14;;/h3,5-6,9,14,16H,4,7-8,10-11H2,1-2H3,(H,17,19);2*1H. The van der Waals surface area contributed by atoms with Crippen LogP contribution in [0.15, 0.2) is 24.3 Å². The molecule has 21 heavy (non-hydrogen) atoms. The molecule has 0 aliphatic carbocycles. The molecule has 1 fully saturated rings. The number of nitrogens with zero attached hydrogens (tertiary/aromatic N) is 1. The molecule has 120 valence electrons. The Bertz CT molecular complexity index is 435. The second-order valence-corrected chi connectivity index (χ2v) is 5.44. The van der Waals surface area contributed by atoms with Crippen molar-refractivity contribution in [3.8, 4) is 0 Å². The maximum Gasteiger partial charge on any atom is 0.251 e. The van der Waals surface area contributed by atoms with Crippen molar-refractivity contribution in [3.63, 3.8) is 0 Å². The van der Waals surface area contributed by atoms with Gasteiger partial charge in [0.05, 0.1) is 0 Å². The first-order chi connectivity index (χ1) is 9.15. The Labute approximate surface area is 139 Å². The average molecular weight is 334 g/mol. The summed E-state index contributed by atoms with van der Waals surface area (Å²) in [5.41, 5.74) is 1.91. The maximum atomic E-state index is 12.1. The molecule has 0 bridgehead atoms. The number of carbonyl (C=O) groups excluding carboxylic acids is 1. The average Bonchev–Trinajstić information content (AvgIpc) is 2.88. The van der Waals surface area contributed by atoms with Gasteiger partial charge in [0, 0.05) is 24.7 Å². The minimum Gasteiger partial charge on any atom is -0.350 e. The van der Waals surface area contributed by atoms with Crippen LogP contribution in [0.4, 0.5) is 0 Å². The molecule has 0 radical (unpaired) electrons. The summed E-state index contributed by atoms with van der Waals surface area (Å²) < 4.78 is 0. The van der Waals surface area contributed by atoms with Gasteiger partial charge in [-0.05, 0) is 51.2 Å². The molecule has 1 aromatic rings. The van der Waals surface area contributed by atoms with Crippen LogP contribution in [0.5, 0.6) is 0 Å². The highest BCUT2D eigenvalue weighted by Crippen LogP contribution is 2.08. The van der Waals surface area contributed by atoms with E-state index >= 15 is 0 Å². The number of carbonyl (C=O) groups is 1. The maximum absolute atomic E-state index is 12.1. The minimum atomic E-state index is 0. The Kier molecular flexibility index (Phi) is 9.62. The van der Waals surface area contributed by atoms with Gasteiger partial charge in [-0.15, -0.1) is 24.8 Å². The van der Waals surface area contributed by atoms with Crippen LogP contribution >= 0.6 is 24.8 Å². The lowest BCUT2D eigenvalue weighted by atomic mass is 10.1. The predicted octanol–water partition coefficient (Wildman–Crippen LogP) is 2.07. The van der Waals surface area contributed by atoms with Crippen LogP contribution in [0, 0.1) is 0 Å². The van der Waals surface area contributed by atoms with Crippen molar-refractivity contribution in [1.29, 1.82) is 0 Å². The first-order valence-electron chi connectivity index (χ1n) is 6.90. The third kappa shape index (κ3) is 6.66. The largest absolute Gasteiger partial charge is 0.350 e. The highest BCUT2D eigenvalue weighted by atomic mass is 35.5. The molecule has 2 rings (SSSR count). The van der Waals surface area contributed by atoms with Crippen LogP contribution in [0.25, 0.3) is 0 Å². The Morgan fingerprint density at radius 1 is 1.38 bits per heavy atom. The fraction of sp³-hybridized carbons (Fsp3) is 0.533. The molecule has 0 aromatic heterocycles. The molecule has 1 heterocycles. The number of hydrogen-bond donors (Lipinski definition) is 2. The molecule has 4 nitrogen and oxygen atoms in total. The zero-order valence-electron chi connectivity index (χ0n) is 12.6. The summed E-state index contributed by atoms with van der Waals surface area (Å²) in [5, 5.41) is 6.39. The smallest absolute Gasteiger partial charge is 0.251 e. The van der Waals surface area contributed by atoms with Gasteiger partial charge in [0.1, 0.15) is 0 Å². The normalized spacial score (nSPS) is 17.0.